The number of urea groups is 1. The van der Waals surface area contributed by atoms with E-state index in [1.165, 1.54) is 18.2 Å². The summed E-state index contributed by atoms with van der Waals surface area (Å²) in [6, 6.07) is 10.1. The highest BCUT2D eigenvalue weighted by atomic mass is 35.5. The normalized spacial score (nSPS) is 10.0. The van der Waals surface area contributed by atoms with Gasteiger partial charge in [-0.1, -0.05) is 11.6 Å². The van der Waals surface area contributed by atoms with Crippen LogP contribution in [0, 0.1) is 10.1 Å². The number of hydrogen-bond donors (Lipinski definition) is 2. The summed E-state index contributed by atoms with van der Waals surface area (Å²) in [6.07, 6.45) is 0. The van der Waals surface area contributed by atoms with Gasteiger partial charge in [0.1, 0.15) is 5.75 Å². The summed E-state index contributed by atoms with van der Waals surface area (Å²) in [5, 5.41) is 16.0. The van der Waals surface area contributed by atoms with Gasteiger partial charge in [-0.2, -0.15) is 0 Å². The van der Waals surface area contributed by atoms with Gasteiger partial charge in [0.2, 0.25) is 0 Å². The van der Waals surface area contributed by atoms with Crippen LogP contribution in [0.1, 0.15) is 6.92 Å². The summed E-state index contributed by atoms with van der Waals surface area (Å²) >= 11 is 5.92. The van der Waals surface area contributed by atoms with Gasteiger partial charge in [0.05, 0.1) is 22.2 Å². The third kappa shape index (κ3) is 4.58. The fourth-order valence-corrected chi connectivity index (χ4v) is 1.97. The first-order valence-electron chi connectivity index (χ1n) is 6.74. The van der Waals surface area contributed by atoms with Crippen LogP contribution >= 0.6 is 11.6 Å². The number of anilines is 2. The molecule has 0 radical (unpaired) electrons. The standard InChI is InChI=1S/C15H14ClN3O4/c1-2-23-12-6-3-10(4-7-12)17-15(20)18-14-9-11(19(21)22)5-8-13(14)16/h3-9H,2H2,1H3,(H2,17,18,20). The second-order valence-electron chi connectivity index (χ2n) is 4.46. The minimum atomic E-state index is -0.564. The highest BCUT2D eigenvalue weighted by molar-refractivity contribution is 6.33. The number of benzene rings is 2. The molecule has 2 N–H and O–H groups in total. The molecule has 0 atom stereocenters. The maximum Gasteiger partial charge on any atom is 0.323 e. The molecule has 2 aromatic carbocycles. The third-order valence-corrected chi connectivity index (χ3v) is 3.16. The van der Waals surface area contributed by atoms with Crippen molar-refractivity contribution in [3.63, 3.8) is 0 Å². The molecule has 7 nitrogen and oxygen atoms in total. The number of nitrogens with one attached hydrogen (secondary N) is 2. The van der Waals surface area contributed by atoms with Gasteiger partial charge < -0.3 is 15.4 Å². The second kappa shape index (κ2) is 7.46. The van der Waals surface area contributed by atoms with Crippen LogP contribution in [0.3, 0.4) is 0 Å². The molecule has 0 unspecified atom stereocenters. The van der Waals surface area contributed by atoms with E-state index in [2.05, 4.69) is 10.6 Å². The average Bonchev–Trinajstić information content (AvgIpc) is 2.51. The van der Waals surface area contributed by atoms with Gasteiger partial charge in [-0.15, -0.1) is 0 Å². The van der Waals surface area contributed by atoms with Crippen molar-refractivity contribution < 1.29 is 14.5 Å². The van der Waals surface area contributed by atoms with Crippen molar-refractivity contribution in [2.24, 2.45) is 0 Å². The number of halogens is 1. The van der Waals surface area contributed by atoms with Crippen molar-refractivity contribution >= 4 is 34.7 Å². The van der Waals surface area contributed by atoms with Gasteiger partial charge in [-0.25, -0.2) is 4.79 Å². The number of carbonyl (C=O) groups is 1. The van der Waals surface area contributed by atoms with Gasteiger partial charge in [-0.3, -0.25) is 10.1 Å². The van der Waals surface area contributed by atoms with E-state index in [-0.39, 0.29) is 16.4 Å². The Hall–Kier alpha value is -2.80. The van der Waals surface area contributed by atoms with Crippen molar-refractivity contribution in [3.8, 4) is 5.75 Å². The first-order valence-corrected chi connectivity index (χ1v) is 7.12. The lowest BCUT2D eigenvalue weighted by Gasteiger charge is -2.09. The van der Waals surface area contributed by atoms with Crippen LogP contribution in [0.2, 0.25) is 5.02 Å². The quantitative estimate of drug-likeness (QED) is 0.629. The lowest BCUT2D eigenvalue weighted by Crippen LogP contribution is -2.19. The molecule has 0 fully saturated rings. The number of non-ortho nitro benzene ring substituents is 1. The van der Waals surface area contributed by atoms with Crippen molar-refractivity contribution in [1.29, 1.82) is 0 Å². The molecular weight excluding hydrogens is 322 g/mol. The number of ether oxygens (including phenoxy) is 1. The van der Waals surface area contributed by atoms with Crippen LogP contribution in [-0.4, -0.2) is 17.6 Å². The number of rotatable bonds is 5. The fraction of sp³-hybridized carbons (Fsp3) is 0.133. The lowest BCUT2D eigenvalue weighted by atomic mass is 10.3. The number of hydrogen-bond acceptors (Lipinski definition) is 4. The van der Waals surface area contributed by atoms with E-state index in [9.17, 15) is 14.9 Å². The Morgan fingerprint density at radius 3 is 2.52 bits per heavy atom. The first-order chi connectivity index (χ1) is 11.0. The van der Waals surface area contributed by atoms with E-state index in [0.29, 0.717) is 18.0 Å². The van der Waals surface area contributed by atoms with Crippen molar-refractivity contribution in [1.82, 2.24) is 0 Å². The maximum atomic E-state index is 11.9. The summed E-state index contributed by atoms with van der Waals surface area (Å²) < 4.78 is 5.30. The van der Waals surface area contributed by atoms with Gasteiger partial charge in [-0.05, 0) is 37.3 Å². The largest absolute Gasteiger partial charge is 0.494 e. The van der Waals surface area contributed by atoms with E-state index in [0.717, 1.165) is 0 Å². The summed E-state index contributed by atoms with van der Waals surface area (Å²) in [5.74, 6) is 0.695. The Bertz CT molecular complexity index is 719. The van der Waals surface area contributed by atoms with Crippen LogP contribution in [0.5, 0.6) is 5.75 Å². The predicted molar refractivity (Wildman–Crippen MR) is 88.4 cm³/mol. The molecule has 8 heteroatoms. The topological polar surface area (TPSA) is 93.5 Å². The van der Waals surface area contributed by atoms with Gasteiger partial charge in [0.25, 0.3) is 5.69 Å². The molecule has 120 valence electrons. The van der Waals surface area contributed by atoms with Gasteiger partial charge >= 0.3 is 6.03 Å². The van der Waals surface area contributed by atoms with Gasteiger partial charge in [0.15, 0.2) is 0 Å². The average molecular weight is 336 g/mol. The van der Waals surface area contributed by atoms with Crippen LogP contribution in [-0.2, 0) is 0 Å². The third-order valence-electron chi connectivity index (χ3n) is 2.83. The molecule has 0 aliphatic heterocycles. The number of nitro groups is 1. The molecule has 0 spiro atoms. The number of carbonyl (C=O) groups excluding carboxylic acids is 1. The van der Waals surface area contributed by atoms with E-state index < -0.39 is 11.0 Å². The molecule has 23 heavy (non-hydrogen) atoms. The van der Waals surface area contributed by atoms with Gasteiger partial charge in [0, 0.05) is 17.8 Å². The van der Waals surface area contributed by atoms with Crippen LogP contribution < -0.4 is 15.4 Å². The van der Waals surface area contributed by atoms with E-state index in [1.807, 2.05) is 6.92 Å². The fourth-order valence-electron chi connectivity index (χ4n) is 1.81. The van der Waals surface area contributed by atoms with Crippen molar-refractivity contribution in [2.75, 3.05) is 17.2 Å². The van der Waals surface area contributed by atoms with Crippen LogP contribution in [0.25, 0.3) is 0 Å². The molecule has 0 heterocycles. The summed E-state index contributed by atoms with van der Waals surface area (Å²) in [4.78, 5) is 22.1. The summed E-state index contributed by atoms with van der Waals surface area (Å²) in [7, 11) is 0. The Balaban J connectivity index is 2.04. The highest BCUT2D eigenvalue weighted by Gasteiger charge is 2.12. The molecule has 0 saturated heterocycles. The zero-order valence-corrected chi connectivity index (χ0v) is 13.0. The molecule has 0 aliphatic carbocycles. The number of nitrogens with zero attached hydrogens (tertiary/aromatic N) is 1. The van der Waals surface area contributed by atoms with E-state index >= 15 is 0 Å². The number of amides is 2. The second-order valence-corrected chi connectivity index (χ2v) is 4.86. The highest BCUT2D eigenvalue weighted by Crippen LogP contribution is 2.27. The molecule has 2 rings (SSSR count). The van der Waals surface area contributed by atoms with E-state index in [1.54, 1.807) is 24.3 Å². The minimum Gasteiger partial charge on any atom is -0.494 e. The summed E-state index contributed by atoms with van der Waals surface area (Å²) in [6.45, 7) is 2.43. The lowest BCUT2D eigenvalue weighted by molar-refractivity contribution is -0.384. The predicted octanol–water partition coefficient (Wildman–Crippen LogP) is 4.29. The molecular formula is C15H14ClN3O4. The Morgan fingerprint density at radius 1 is 1.22 bits per heavy atom. The monoisotopic (exact) mass is 335 g/mol. The molecule has 0 bridgehead atoms. The zero-order chi connectivity index (χ0) is 16.8. The Labute approximate surface area is 137 Å². The molecule has 0 aliphatic rings. The number of nitro benzene ring substituents is 1. The van der Waals surface area contributed by atoms with Crippen molar-refractivity contribution in [3.05, 3.63) is 57.6 Å². The van der Waals surface area contributed by atoms with E-state index in [4.69, 9.17) is 16.3 Å². The minimum absolute atomic E-state index is 0.157. The smallest absolute Gasteiger partial charge is 0.323 e. The first kappa shape index (κ1) is 16.6. The molecule has 2 aromatic rings. The maximum absolute atomic E-state index is 11.9. The Morgan fingerprint density at radius 2 is 1.91 bits per heavy atom. The Kier molecular flexibility index (Phi) is 5.37. The molecule has 2 amide bonds. The molecule has 0 saturated carbocycles. The SMILES string of the molecule is CCOc1ccc(NC(=O)Nc2cc([N+](=O)[O-])ccc2Cl)cc1. The van der Waals surface area contributed by atoms with Crippen LogP contribution in [0.15, 0.2) is 42.5 Å². The zero-order valence-electron chi connectivity index (χ0n) is 12.2. The molecule has 0 aromatic heterocycles. The van der Waals surface area contributed by atoms with Crippen LogP contribution in [0.4, 0.5) is 21.9 Å². The summed E-state index contributed by atoms with van der Waals surface area (Å²) in [5.41, 5.74) is 0.544. The van der Waals surface area contributed by atoms with Crippen molar-refractivity contribution in [2.45, 2.75) is 6.92 Å².